The zero-order chi connectivity index (χ0) is 16.9. The second-order valence-electron chi connectivity index (χ2n) is 5.15. The fraction of sp³-hybridized carbons (Fsp3) is 0.0556. The monoisotopic (exact) mass is 319 g/mol. The van der Waals surface area contributed by atoms with Crippen LogP contribution in [0.4, 0.5) is 17.5 Å². The van der Waals surface area contributed by atoms with Gasteiger partial charge in [-0.2, -0.15) is 4.98 Å². The fourth-order valence-corrected chi connectivity index (χ4v) is 2.20. The highest BCUT2D eigenvalue weighted by molar-refractivity contribution is 6.04. The van der Waals surface area contributed by atoms with Crippen molar-refractivity contribution in [2.45, 2.75) is 0 Å². The van der Waals surface area contributed by atoms with E-state index in [1.165, 1.54) is 0 Å². The van der Waals surface area contributed by atoms with Gasteiger partial charge in [-0.05, 0) is 24.3 Å². The third kappa shape index (κ3) is 3.49. The molecule has 2 aromatic carbocycles. The summed E-state index contributed by atoms with van der Waals surface area (Å²) >= 11 is 0. The van der Waals surface area contributed by atoms with E-state index in [4.69, 9.17) is 5.73 Å². The number of benzene rings is 2. The Bertz CT molecular complexity index is 847. The lowest BCUT2D eigenvalue weighted by Crippen LogP contribution is -2.14. The molecule has 4 N–H and O–H groups in total. The number of carbonyl (C=O) groups is 1. The summed E-state index contributed by atoms with van der Waals surface area (Å²) in [4.78, 5) is 21.0. The molecule has 0 saturated heterocycles. The molecule has 0 spiro atoms. The first-order valence-electron chi connectivity index (χ1n) is 7.45. The number of amides is 1. The normalized spacial score (nSPS) is 10.2. The van der Waals surface area contributed by atoms with Gasteiger partial charge in [0, 0.05) is 29.9 Å². The number of hydrogen-bond donors (Lipinski definition) is 3. The summed E-state index contributed by atoms with van der Waals surface area (Å²) in [7, 11) is 1.73. The Balaban J connectivity index is 1.90. The number of nitrogens with one attached hydrogen (secondary N) is 2. The van der Waals surface area contributed by atoms with Gasteiger partial charge in [0.05, 0.1) is 5.69 Å². The lowest BCUT2D eigenvalue weighted by atomic mass is 10.1. The summed E-state index contributed by atoms with van der Waals surface area (Å²) in [6, 6.07) is 18.2. The summed E-state index contributed by atoms with van der Waals surface area (Å²) < 4.78 is 0. The van der Waals surface area contributed by atoms with Crippen LogP contribution in [-0.2, 0) is 0 Å². The van der Waals surface area contributed by atoms with Crippen molar-refractivity contribution >= 4 is 23.4 Å². The fourth-order valence-electron chi connectivity index (χ4n) is 2.20. The maximum absolute atomic E-state index is 12.3. The number of nitrogens with two attached hydrogens (primary N) is 1. The number of nitrogen functional groups attached to an aromatic ring is 1. The van der Waals surface area contributed by atoms with Crippen LogP contribution in [0.3, 0.4) is 0 Å². The predicted octanol–water partition coefficient (Wildman–Crippen LogP) is 3.02. The third-order valence-corrected chi connectivity index (χ3v) is 3.43. The largest absolute Gasteiger partial charge is 0.399 e. The lowest BCUT2D eigenvalue weighted by Gasteiger charge is -2.09. The number of aromatic nitrogens is 2. The maximum Gasteiger partial charge on any atom is 0.256 e. The molecule has 24 heavy (non-hydrogen) atoms. The average Bonchev–Trinajstić information content (AvgIpc) is 2.62. The number of anilines is 3. The van der Waals surface area contributed by atoms with E-state index < -0.39 is 0 Å². The Morgan fingerprint density at radius 2 is 1.71 bits per heavy atom. The number of carbonyl (C=O) groups excluding carboxylic acids is 1. The summed E-state index contributed by atoms with van der Waals surface area (Å²) in [6.45, 7) is 0. The molecule has 0 atom stereocenters. The number of hydrogen-bond acceptors (Lipinski definition) is 5. The van der Waals surface area contributed by atoms with Crippen LogP contribution in [0.15, 0.2) is 60.7 Å². The number of nitrogens with zero attached hydrogens (tertiary/aromatic N) is 2. The van der Waals surface area contributed by atoms with Gasteiger partial charge < -0.3 is 16.4 Å². The van der Waals surface area contributed by atoms with E-state index in [1.807, 2.05) is 30.3 Å². The van der Waals surface area contributed by atoms with Gasteiger partial charge in [0.15, 0.2) is 0 Å². The minimum Gasteiger partial charge on any atom is -0.399 e. The first-order valence-corrected chi connectivity index (χ1v) is 7.45. The molecule has 1 aromatic heterocycles. The van der Waals surface area contributed by atoms with Gasteiger partial charge in [-0.3, -0.25) is 4.79 Å². The van der Waals surface area contributed by atoms with Crippen molar-refractivity contribution in [3.05, 3.63) is 66.2 Å². The zero-order valence-electron chi connectivity index (χ0n) is 13.2. The summed E-state index contributed by atoms with van der Waals surface area (Å²) in [5, 5.41) is 5.70. The van der Waals surface area contributed by atoms with E-state index in [0.29, 0.717) is 23.0 Å². The topological polar surface area (TPSA) is 92.9 Å². The standard InChI is InChI=1S/C18H17N5O/c1-20-18-21-15(12-5-3-2-4-6-12)11-16(23-18)22-17(24)13-7-9-14(19)10-8-13/h2-11H,19H2,1H3,(H2,20,21,22,23,24). The van der Waals surface area contributed by atoms with E-state index >= 15 is 0 Å². The molecule has 1 heterocycles. The molecule has 0 unspecified atom stereocenters. The third-order valence-electron chi connectivity index (χ3n) is 3.43. The number of rotatable bonds is 4. The molecule has 1 amide bonds. The predicted molar refractivity (Wildman–Crippen MR) is 95.8 cm³/mol. The first-order chi connectivity index (χ1) is 11.7. The second kappa shape index (κ2) is 6.78. The molecule has 3 rings (SSSR count). The molecule has 0 bridgehead atoms. The van der Waals surface area contributed by atoms with Crippen LogP contribution in [0, 0.1) is 0 Å². The molecule has 3 aromatic rings. The quantitative estimate of drug-likeness (QED) is 0.643. The van der Waals surface area contributed by atoms with Crippen molar-refractivity contribution in [3.8, 4) is 11.3 Å². The van der Waals surface area contributed by atoms with E-state index in [9.17, 15) is 4.79 Å². The Kier molecular flexibility index (Phi) is 4.38. The Morgan fingerprint density at radius 3 is 2.38 bits per heavy atom. The van der Waals surface area contributed by atoms with Crippen LogP contribution in [0.5, 0.6) is 0 Å². The van der Waals surface area contributed by atoms with Crippen LogP contribution in [0.1, 0.15) is 10.4 Å². The van der Waals surface area contributed by atoms with E-state index in [-0.39, 0.29) is 5.91 Å². The van der Waals surface area contributed by atoms with Crippen LogP contribution in [0.2, 0.25) is 0 Å². The van der Waals surface area contributed by atoms with Crippen molar-refractivity contribution < 1.29 is 4.79 Å². The second-order valence-corrected chi connectivity index (χ2v) is 5.15. The highest BCUT2D eigenvalue weighted by atomic mass is 16.1. The van der Waals surface area contributed by atoms with E-state index in [2.05, 4.69) is 20.6 Å². The summed E-state index contributed by atoms with van der Waals surface area (Å²) in [5.74, 6) is 0.605. The average molecular weight is 319 g/mol. The van der Waals surface area contributed by atoms with E-state index in [0.717, 1.165) is 11.3 Å². The Labute approximate surface area is 139 Å². The van der Waals surface area contributed by atoms with Gasteiger partial charge in [-0.15, -0.1) is 0 Å². The van der Waals surface area contributed by atoms with Gasteiger partial charge in [0.25, 0.3) is 5.91 Å². The van der Waals surface area contributed by atoms with Crippen molar-refractivity contribution in [3.63, 3.8) is 0 Å². The summed E-state index contributed by atoms with van der Waals surface area (Å²) in [5.41, 5.74) is 8.43. The van der Waals surface area contributed by atoms with Crippen LogP contribution in [-0.4, -0.2) is 22.9 Å². The highest BCUT2D eigenvalue weighted by Gasteiger charge is 2.10. The molecular weight excluding hydrogens is 302 g/mol. The molecular formula is C18H17N5O. The molecule has 0 fully saturated rings. The van der Waals surface area contributed by atoms with Crippen molar-refractivity contribution in [2.75, 3.05) is 23.4 Å². The van der Waals surface area contributed by atoms with Crippen LogP contribution >= 0.6 is 0 Å². The Morgan fingerprint density at radius 1 is 1.00 bits per heavy atom. The molecule has 0 aliphatic carbocycles. The molecule has 6 heteroatoms. The SMILES string of the molecule is CNc1nc(NC(=O)c2ccc(N)cc2)cc(-c2ccccc2)n1. The van der Waals surface area contributed by atoms with Crippen molar-refractivity contribution in [1.29, 1.82) is 0 Å². The molecule has 0 saturated carbocycles. The van der Waals surface area contributed by atoms with Gasteiger partial charge in [0.1, 0.15) is 5.82 Å². The van der Waals surface area contributed by atoms with Crippen molar-refractivity contribution in [1.82, 2.24) is 9.97 Å². The molecule has 120 valence electrons. The first kappa shape index (κ1) is 15.5. The maximum atomic E-state index is 12.3. The summed E-state index contributed by atoms with van der Waals surface area (Å²) in [6.07, 6.45) is 0. The van der Waals surface area contributed by atoms with Gasteiger partial charge in [-0.1, -0.05) is 30.3 Å². The van der Waals surface area contributed by atoms with Crippen molar-refractivity contribution in [2.24, 2.45) is 0 Å². The molecule has 6 nitrogen and oxygen atoms in total. The van der Waals surface area contributed by atoms with Gasteiger partial charge in [-0.25, -0.2) is 4.98 Å². The van der Waals surface area contributed by atoms with Gasteiger partial charge >= 0.3 is 0 Å². The van der Waals surface area contributed by atoms with Gasteiger partial charge in [0.2, 0.25) is 5.95 Å². The lowest BCUT2D eigenvalue weighted by molar-refractivity contribution is 0.102. The Hall–Kier alpha value is -3.41. The molecule has 0 aliphatic heterocycles. The smallest absolute Gasteiger partial charge is 0.256 e. The zero-order valence-corrected chi connectivity index (χ0v) is 13.2. The van der Waals surface area contributed by atoms with E-state index in [1.54, 1.807) is 37.4 Å². The minimum atomic E-state index is -0.255. The molecule has 0 aliphatic rings. The van der Waals surface area contributed by atoms with Crippen LogP contribution < -0.4 is 16.4 Å². The minimum absolute atomic E-state index is 0.255. The van der Waals surface area contributed by atoms with Crippen LogP contribution in [0.25, 0.3) is 11.3 Å². The highest BCUT2D eigenvalue weighted by Crippen LogP contribution is 2.21. The molecule has 0 radical (unpaired) electrons.